The van der Waals surface area contributed by atoms with E-state index in [1.165, 1.54) is 11.2 Å². The smallest absolute Gasteiger partial charge is 0.404 e. The van der Waals surface area contributed by atoms with Gasteiger partial charge in [-0.05, 0) is 18.2 Å². The zero-order valence-corrected chi connectivity index (χ0v) is 17.3. The van der Waals surface area contributed by atoms with Crippen LogP contribution in [0.15, 0.2) is 52.3 Å². The molecule has 32 heavy (non-hydrogen) atoms. The van der Waals surface area contributed by atoms with Crippen LogP contribution >= 0.6 is 23.2 Å². The van der Waals surface area contributed by atoms with Crippen molar-refractivity contribution < 1.29 is 22.4 Å². The van der Waals surface area contributed by atoms with E-state index in [1.807, 2.05) is 0 Å². The number of carbonyl (C=O) groups excluding carboxylic acids is 1. The molecule has 1 aromatic carbocycles. The van der Waals surface area contributed by atoms with Gasteiger partial charge in [0.2, 0.25) is 0 Å². The fourth-order valence-electron chi connectivity index (χ4n) is 2.50. The first-order valence-electron chi connectivity index (χ1n) is 8.66. The molecule has 1 amide bonds. The van der Waals surface area contributed by atoms with Crippen LogP contribution in [0.3, 0.4) is 0 Å². The third-order valence-corrected chi connectivity index (χ3v) is 4.48. The van der Waals surface area contributed by atoms with E-state index in [2.05, 4.69) is 25.8 Å². The van der Waals surface area contributed by atoms with Crippen molar-refractivity contribution in [2.75, 3.05) is 17.0 Å². The molecule has 0 spiro atoms. The van der Waals surface area contributed by atoms with Crippen molar-refractivity contribution in [1.29, 1.82) is 0 Å². The quantitative estimate of drug-likeness (QED) is 0.334. The van der Waals surface area contributed by atoms with E-state index in [0.717, 1.165) is 18.3 Å². The summed E-state index contributed by atoms with van der Waals surface area (Å²) in [6, 6.07) is 3.94. The predicted molar refractivity (Wildman–Crippen MR) is 114 cm³/mol. The van der Waals surface area contributed by atoms with Gasteiger partial charge in [0.25, 0.3) is 5.91 Å². The highest BCUT2D eigenvalue weighted by atomic mass is 35.5. The molecule has 2 heterocycles. The second-order valence-electron chi connectivity index (χ2n) is 6.09. The molecule has 0 unspecified atom stereocenters. The van der Waals surface area contributed by atoms with Crippen molar-refractivity contribution >= 4 is 58.2 Å². The third kappa shape index (κ3) is 5.33. The highest BCUT2D eigenvalue weighted by Gasteiger charge is 2.40. The molecule has 1 aromatic heterocycles. The molecule has 1 aliphatic rings. The summed E-state index contributed by atoms with van der Waals surface area (Å²) in [6.07, 6.45) is -1.95. The second kappa shape index (κ2) is 9.51. The lowest BCUT2D eigenvalue weighted by Gasteiger charge is -2.16. The van der Waals surface area contributed by atoms with Gasteiger partial charge in [-0.1, -0.05) is 23.2 Å². The molecule has 0 atom stereocenters. The Hall–Kier alpha value is -3.22. The van der Waals surface area contributed by atoms with Crippen molar-refractivity contribution in [2.24, 2.45) is 15.8 Å². The number of aromatic nitrogens is 1. The van der Waals surface area contributed by atoms with Crippen LogP contribution in [0.5, 0.6) is 0 Å². The van der Waals surface area contributed by atoms with Crippen molar-refractivity contribution in [3.05, 3.63) is 58.1 Å². The molecule has 8 nitrogen and oxygen atoms in total. The summed E-state index contributed by atoms with van der Waals surface area (Å²) in [4.78, 5) is 19.9. The molecule has 14 heteroatoms. The number of amides is 1. The highest BCUT2D eigenvalue weighted by molar-refractivity contribution is 6.34. The first-order chi connectivity index (χ1) is 15.1. The lowest BCUT2D eigenvalue weighted by molar-refractivity contribution is -0.113. The normalized spacial score (nSPS) is 14.8. The van der Waals surface area contributed by atoms with E-state index in [-0.39, 0.29) is 21.6 Å². The zero-order valence-electron chi connectivity index (χ0n) is 15.8. The van der Waals surface area contributed by atoms with Gasteiger partial charge in [-0.15, -0.1) is 0 Å². The summed E-state index contributed by atoms with van der Waals surface area (Å²) in [7, 11) is 0. The van der Waals surface area contributed by atoms with Gasteiger partial charge in [0.1, 0.15) is 5.82 Å². The minimum absolute atomic E-state index is 0.0170. The number of hydrazone groups is 1. The minimum Gasteiger partial charge on any atom is -0.404 e. The molecule has 3 rings (SSSR count). The number of nitrogens with two attached hydrogens (primary N) is 1. The maximum Gasteiger partial charge on any atom is 0.434 e. The van der Waals surface area contributed by atoms with Gasteiger partial charge in [-0.3, -0.25) is 4.79 Å². The Morgan fingerprint density at radius 1 is 1.28 bits per heavy atom. The average molecular weight is 490 g/mol. The largest absolute Gasteiger partial charge is 0.434 e. The Labute approximate surface area is 188 Å². The van der Waals surface area contributed by atoms with E-state index >= 15 is 0 Å². The maximum atomic E-state index is 13.7. The van der Waals surface area contributed by atoms with Crippen LogP contribution in [-0.2, 0) is 4.79 Å². The van der Waals surface area contributed by atoms with Gasteiger partial charge in [0, 0.05) is 18.5 Å². The summed E-state index contributed by atoms with van der Waals surface area (Å²) < 4.78 is 54.4. The summed E-state index contributed by atoms with van der Waals surface area (Å²) >= 11 is 11.9. The Morgan fingerprint density at radius 3 is 2.62 bits per heavy atom. The molecule has 0 radical (unpaired) electrons. The topological polar surface area (TPSA) is 108 Å². The van der Waals surface area contributed by atoms with Gasteiger partial charge in [0.05, 0.1) is 39.7 Å². The first-order valence-corrected chi connectivity index (χ1v) is 9.42. The van der Waals surface area contributed by atoms with E-state index in [1.54, 1.807) is 6.21 Å². The number of halogens is 6. The van der Waals surface area contributed by atoms with Crippen molar-refractivity contribution in [2.45, 2.75) is 6.18 Å². The number of pyridine rings is 1. The van der Waals surface area contributed by atoms with E-state index in [0.29, 0.717) is 18.8 Å². The van der Waals surface area contributed by atoms with Gasteiger partial charge >= 0.3 is 6.18 Å². The van der Waals surface area contributed by atoms with Crippen molar-refractivity contribution in [3.8, 4) is 0 Å². The molecule has 168 valence electrons. The van der Waals surface area contributed by atoms with Gasteiger partial charge in [-0.2, -0.15) is 23.4 Å². The number of alkyl halides is 3. The van der Waals surface area contributed by atoms with Gasteiger partial charge in [-0.25, -0.2) is 19.8 Å². The predicted octanol–water partition coefficient (Wildman–Crippen LogP) is 3.95. The lowest BCUT2D eigenvalue weighted by atomic mass is 10.1. The van der Waals surface area contributed by atoms with Crippen LogP contribution in [0.25, 0.3) is 0 Å². The number of rotatable bonds is 5. The van der Waals surface area contributed by atoms with Crippen LogP contribution in [-0.4, -0.2) is 35.5 Å². The molecule has 1 aliphatic heterocycles. The number of anilines is 2. The molecule has 2 aromatic rings. The summed E-state index contributed by atoms with van der Waals surface area (Å²) in [5.41, 5.74) is 4.90. The fourth-order valence-corrected chi connectivity index (χ4v) is 2.91. The number of benzene rings is 1. The first kappa shape index (κ1) is 23.4. The van der Waals surface area contributed by atoms with E-state index in [9.17, 15) is 22.4 Å². The monoisotopic (exact) mass is 489 g/mol. The summed E-state index contributed by atoms with van der Waals surface area (Å²) in [6.45, 7) is 0.454. The molecular weight excluding hydrogens is 477 g/mol. The molecular formula is C18H13Cl2F4N7O. The minimum atomic E-state index is -5.11. The van der Waals surface area contributed by atoms with Crippen LogP contribution in [0.2, 0.25) is 10.0 Å². The number of hydrogen-bond acceptors (Lipinski definition) is 7. The molecule has 0 saturated heterocycles. The summed E-state index contributed by atoms with van der Waals surface area (Å²) in [5.74, 6) is -1.90. The fraction of sp³-hybridized carbons (Fsp3) is 0.111. The Morgan fingerprint density at radius 2 is 2.03 bits per heavy atom. The summed E-state index contributed by atoms with van der Waals surface area (Å²) in [5, 5.41) is 7.27. The second-order valence-corrected chi connectivity index (χ2v) is 6.90. The van der Waals surface area contributed by atoms with Crippen LogP contribution in [0.4, 0.5) is 34.8 Å². The number of hydrogen-bond donors (Lipinski definition) is 3. The maximum absolute atomic E-state index is 13.7. The Bertz CT molecular complexity index is 1130. The Kier molecular flexibility index (Phi) is 6.96. The SMILES string of the molecule is NC=C(C(=O)Nc1cnc(N2N=CCN2)c(Cl)c1)C(=Nc1cc(F)ccc1Cl)C(F)(F)F. The molecule has 0 bridgehead atoms. The van der Waals surface area contributed by atoms with Crippen LogP contribution < -0.4 is 21.6 Å². The Balaban J connectivity index is 1.90. The highest BCUT2D eigenvalue weighted by Crippen LogP contribution is 2.31. The van der Waals surface area contributed by atoms with Crippen LogP contribution in [0.1, 0.15) is 0 Å². The molecule has 4 N–H and O–H groups in total. The lowest BCUT2D eigenvalue weighted by Crippen LogP contribution is -2.32. The molecule has 0 fully saturated rings. The van der Waals surface area contributed by atoms with E-state index in [4.69, 9.17) is 28.9 Å². The van der Waals surface area contributed by atoms with Crippen molar-refractivity contribution in [1.82, 2.24) is 10.4 Å². The van der Waals surface area contributed by atoms with Crippen LogP contribution in [0, 0.1) is 5.82 Å². The zero-order chi connectivity index (χ0) is 23.5. The number of carbonyl (C=O) groups is 1. The standard InChI is InChI=1S/C18H13Cl2F4N7O/c19-12-2-1-9(21)5-14(12)30-15(18(22,23)24)11(7-25)17(32)29-10-6-13(20)16(26-8-10)31-27-3-4-28-31/h1-3,5-8,28H,4,25H2,(H,29,32). The van der Waals surface area contributed by atoms with Gasteiger partial charge in [0.15, 0.2) is 11.5 Å². The number of aliphatic imine (C=N–C) groups is 1. The average Bonchev–Trinajstić information content (AvgIpc) is 3.24. The van der Waals surface area contributed by atoms with E-state index < -0.39 is 34.9 Å². The van der Waals surface area contributed by atoms with Crippen molar-refractivity contribution in [3.63, 3.8) is 0 Å². The molecule has 0 saturated carbocycles. The third-order valence-electron chi connectivity index (χ3n) is 3.89. The number of nitrogens with one attached hydrogen (secondary N) is 2. The molecule has 0 aliphatic carbocycles. The number of nitrogens with zero attached hydrogens (tertiary/aromatic N) is 4. The van der Waals surface area contributed by atoms with Gasteiger partial charge < -0.3 is 11.1 Å². The number of hydrazine groups is 1.